The number of anilines is 1. The van der Waals surface area contributed by atoms with Crippen LogP contribution in [0.3, 0.4) is 0 Å². The second-order valence-corrected chi connectivity index (χ2v) is 4.08. The van der Waals surface area contributed by atoms with E-state index in [0.29, 0.717) is 11.3 Å². The van der Waals surface area contributed by atoms with Gasteiger partial charge in [-0.15, -0.1) is 0 Å². The summed E-state index contributed by atoms with van der Waals surface area (Å²) in [4.78, 5) is 15.9. The molecule has 1 aromatic heterocycles. The van der Waals surface area contributed by atoms with Crippen LogP contribution in [0.2, 0.25) is 0 Å². The Hall–Kier alpha value is -2.81. The van der Waals surface area contributed by atoms with Crippen molar-refractivity contribution in [2.24, 2.45) is 0 Å². The van der Waals surface area contributed by atoms with Gasteiger partial charge < -0.3 is 5.32 Å². The highest BCUT2D eigenvalue weighted by molar-refractivity contribution is 6.03. The Labute approximate surface area is 113 Å². The molecular weight excluding hydrogens is 264 g/mol. The van der Waals surface area contributed by atoms with Gasteiger partial charge in [0.1, 0.15) is 5.69 Å². The molecule has 0 fully saturated rings. The molecule has 0 spiro atoms. The topological polar surface area (TPSA) is 65.8 Å². The van der Waals surface area contributed by atoms with E-state index in [1.807, 2.05) is 6.07 Å². The minimum atomic E-state index is -1.06. The summed E-state index contributed by atoms with van der Waals surface area (Å²) >= 11 is 0. The van der Waals surface area contributed by atoms with Crippen molar-refractivity contribution in [2.45, 2.75) is 6.92 Å². The molecule has 2 rings (SSSR count). The number of amides is 1. The van der Waals surface area contributed by atoms with Crippen LogP contribution in [-0.4, -0.2) is 10.9 Å². The molecule has 0 aliphatic rings. The molecule has 0 unspecified atom stereocenters. The number of nitriles is 1. The fourth-order valence-electron chi connectivity index (χ4n) is 1.62. The molecule has 0 aliphatic heterocycles. The third-order valence-corrected chi connectivity index (χ3v) is 2.49. The maximum absolute atomic E-state index is 13.0. The van der Waals surface area contributed by atoms with E-state index in [4.69, 9.17) is 5.26 Å². The summed E-state index contributed by atoms with van der Waals surface area (Å²) in [6.07, 6.45) is 0. The number of aromatic nitrogens is 1. The van der Waals surface area contributed by atoms with Crippen LogP contribution < -0.4 is 5.32 Å². The normalized spacial score (nSPS) is 9.90. The summed E-state index contributed by atoms with van der Waals surface area (Å²) < 4.78 is 25.8. The average Bonchev–Trinajstić information content (AvgIpc) is 2.42. The highest BCUT2D eigenvalue weighted by Crippen LogP contribution is 2.14. The lowest BCUT2D eigenvalue weighted by atomic mass is 10.2. The Morgan fingerprint density at radius 3 is 2.65 bits per heavy atom. The number of aryl methyl sites for hydroxylation is 1. The SMILES string of the molecule is Cc1cc(C#N)cc(C(=O)Nc2ccc(F)c(F)c2)n1. The number of hydrogen-bond donors (Lipinski definition) is 1. The molecule has 0 bridgehead atoms. The first-order valence-corrected chi connectivity index (χ1v) is 5.65. The molecule has 100 valence electrons. The first-order valence-electron chi connectivity index (χ1n) is 5.65. The van der Waals surface area contributed by atoms with Gasteiger partial charge in [-0.1, -0.05) is 0 Å². The number of hydrogen-bond acceptors (Lipinski definition) is 3. The number of halogens is 2. The molecule has 1 amide bonds. The van der Waals surface area contributed by atoms with Crippen molar-refractivity contribution in [3.05, 3.63) is 58.9 Å². The summed E-state index contributed by atoms with van der Waals surface area (Å²) in [5.74, 6) is -2.66. The second-order valence-electron chi connectivity index (χ2n) is 4.08. The van der Waals surface area contributed by atoms with Gasteiger partial charge in [0.05, 0.1) is 11.6 Å². The summed E-state index contributed by atoms with van der Waals surface area (Å²) in [7, 11) is 0. The smallest absolute Gasteiger partial charge is 0.274 e. The van der Waals surface area contributed by atoms with Crippen molar-refractivity contribution in [3.8, 4) is 6.07 Å². The van der Waals surface area contributed by atoms with Crippen molar-refractivity contribution in [1.29, 1.82) is 5.26 Å². The monoisotopic (exact) mass is 273 g/mol. The van der Waals surface area contributed by atoms with Gasteiger partial charge in [-0.2, -0.15) is 5.26 Å². The van der Waals surface area contributed by atoms with E-state index in [9.17, 15) is 13.6 Å². The molecule has 0 radical (unpaired) electrons. The van der Waals surface area contributed by atoms with E-state index in [-0.39, 0.29) is 11.4 Å². The Balaban J connectivity index is 2.26. The lowest BCUT2D eigenvalue weighted by Crippen LogP contribution is -2.14. The molecule has 1 N–H and O–H groups in total. The van der Waals surface area contributed by atoms with Crippen LogP contribution in [0, 0.1) is 29.9 Å². The largest absolute Gasteiger partial charge is 0.321 e. The molecule has 0 aliphatic carbocycles. The van der Waals surface area contributed by atoms with E-state index < -0.39 is 17.5 Å². The second kappa shape index (κ2) is 5.45. The van der Waals surface area contributed by atoms with Crippen LogP contribution in [0.15, 0.2) is 30.3 Å². The number of benzene rings is 1. The highest BCUT2D eigenvalue weighted by atomic mass is 19.2. The van der Waals surface area contributed by atoms with Crippen LogP contribution >= 0.6 is 0 Å². The fourth-order valence-corrected chi connectivity index (χ4v) is 1.62. The highest BCUT2D eigenvalue weighted by Gasteiger charge is 2.11. The van der Waals surface area contributed by atoms with E-state index in [0.717, 1.165) is 12.1 Å². The molecule has 2 aromatic rings. The average molecular weight is 273 g/mol. The number of nitrogens with one attached hydrogen (secondary N) is 1. The lowest BCUT2D eigenvalue weighted by Gasteiger charge is -2.06. The molecule has 20 heavy (non-hydrogen) atoms. The van der Waals surface area contributed by atoms with Crippen molar-refractivity contribution >= 4 is 11.6 Å². The third-order valence-electron chi connectivity index (χ3n) is 2.49. The minimum Gasteiger partial charge on any atom is -0.321 e. The van der Waals surface area contributed by atoms with Crippen molar-refractivity contribution < 1.29 is 13.6 Å². The van der Waals surface area contributed by atoms with Gasteiger partial charge >= 0.3 is 0 Å². The van der Waals surface area contributed by atoms with Gasteiger partial charge in [-0.3, -0.25) is 4.79 Å². The van der Waals surface area contributed by atoms with Crippen LogP contribution in [0.4, 0.5) is 14.5 Å². The number of carbonyl (C=O) groups is 1. The van der Waals surface area contributed by atoms with Gasteiger partial charge in [0, 0.05) is 17.4 Å². The predicted octanol–water partition coefficient (Wildman–Crippen LogP) is 2.79. The van der Waals surface area contributed by atoms with Gasteiger partial charge in [0.15, 0.2) is 11.6 Å². The minimum absolute atomic E-state index is 0.0336. The van der Waals surface area contributed by atoms with Gasteiger partial charge in [-0.25, -0.2) is 13.8 Å². The summed E-state index contributed by atoms with van der Waals surface area (Å²) in [6, 6.07) is 7.79. The predicted molar refractivity (Wildman–Crippen MR) is 68.0 cm³/mol. The molecule has 1 heterocycles. The third kappa shape index (κ3) is 2.95. The molecule has 1 aromatic carbocycles. The van der Waals surface area contributed by atoms with Gasteiger partial charge in [0.2, 0.25) is 0 Å². The quantitative estimate of drug-likeness (QED) is 0.914. The van der Waals surface area contributed by atoms with E-state index in [2.05, 4.69) is 10.3 Å². The zero-order valence-corrected chi connectivity index (χ0v) is 10.4. The van der Waals surface area contributed by atoms with E-state index >= 15 is 0 Å². The number of pyridine rings is 1. The fraction of sp³-hybridized carbons (Fsp3) is 0.0714. The van der Waals surface area contributed by atoms with Crippen molar-refractivity contribution in [1.82, 2.24) is 4.98 Å². The Morgan fingerprint density at radius 2 is 2.00 bits per heavy atom. The Kier molecular flexibility index (Phi) is 3.71. The zero-order valence-electron chi connectivity index (χ0n) is 10.4. The molecule has 4 nitrogen and oxygen atoms in total. The summed E-state index contributed by atoms with van der Waals surface area (Å²) in [6.45, 7) is 1.65. The van der Waals surface area contributed by atoms with E-state index in [1.54, 1.807) is 6.92 Å². The molecule has 0 saturated carbocycles. The Bertz CT molecular complexity index is 723. The van der Waals surface area contributed by atoms with Crippen LogP contribution in [0.1, 0.15) is 21.7 Å². The lowest BCUT2D eigenvalue weighted by molar-refractivity contribution is 0.102. The zero-order chi connectivity index (χ0) is 14.7. The number of rotatable bonds is 2. The summed E-state index contributed by atoms with van der Waals surface area (Å²) in [5, 5.41) is 11.2. The molecule has 6 heteroatoms. The van der Waals surface area contributed by atoms with Crippen molar-refractivity contribution in [2.75, 3.05) is 5.32 Å². The van der Waals surface area contributed by atoms with Crippen LogP contribution in [-0.2, 0) is 0 Å². The molecule has 0 saturated heterocycles. The molecule has 0 atom stereocenters. The van der Waals surface area contributed by atoms with Crippen LogP contribution in [0.5, 0.6) is 0 Å². The summed E-state index contributed by atoms with van der Waals surface area (Å²) in [5.41, 5.74) is 0.953. The first kappa shape index (κ1) is 13.6. The first-order chi connectivity index (χ1) is 9.49. The maximum Gasteiger partial charge on any atom is 0.274 e. The Morgan fingerprint density at radius 1 is 1.25 bits per heavy atom. The van der Waals surface area contributed by atoms with Gasteiger partial charge in [-0.05, 0) is 31.2 Å². The van der Waals surface area contributed by atoms with E-state index in [1.165, 1.54) is 18.2 Å². The maximum atomic E-state index is 13.0. The number of carbonyl (C=O) groups excluding carboxylic acids is 1. The number of nitrogens with zero attached hydrogens (tertiary/aromatic N) is 2. The molecular formula is C14H9F2N3O. The van der Waals surface area contributed by atoms with Crippen LogP contribution in [0.25, 0.3) is 0 Å². The van der Waals surface area contributed by atoms with Crippen molar-refractivity contribution in [3.63, 3.8) is 0 Å². The van der Waals surface area contributed by atoms with Gasteiger partial charge in [0.25, 0.3) is 5.91 Å². The standard InChI is InChI=1S/C14H9F2N3O/c1-8-4-9(7-17)5-13(18-8)14(20)19-10-2-3-11(15)12(16)6-10/h2-6H,1H3,(H,19,20).